The maximum absolute atomic E-state index is 12.6. The standard InChI is InChI=1S/C19H21N7O2/c1-28-17-7-3-2-6-16(17)24-9-11-25(12-10-24)18(27)14-26-22-19(21-23-26)15-5-4-8-20-13-15/h2-8,13H,9-12,14H2,1H3. The molecule has 0 radical (unpaired) electrons. The lowest BCUT2D eigenvalue weighted by Gasteiger charge is -2.36. The Hall–Kier alpha value is -3.49. The van der Waals surface area contributed by atoms with Crippen LogP contribution in [0.5, 0.6) is 5.75 Å². The molecule has 3 heterocycles. The Morgan fingerprint density at radius 2 is 1.93 bits per heavy atom. The van der Waals surface area contributed by atoms with Crippen LogP contribution in [-0.4, -0.2) is 69.3 Å². The van der Waals surface area contributed by atoms with Crippen molar-refractivity contribution in [1.29, 1.82) is 0 Å². The van der Waals surface area contributed by atoms with Gasteiger partial charge in [-0.1, -0.05) is 12.1 Å². The molecule has 0 aliphatic carbocycles. The number of amides is 1. The van der Waals surface area contributed by atoms with Gasteiger partial charge >= 0.3 is 0 Å². The van der Waals surface area contributed by atoms with E-state index in [-0.39, 0.29) is 12.5 Å². The van der Waals surface area contributed by atoms with E-state index in [0.717, 1.165) is 30.1 Å². The van der Waals surface area contributed by atoms with Gasteiger partial charge < -0.3 is 14.5 Å². The first-order valence-corrected chi connectivity index (χ1v) is 9.08. The van der Waals surface area contributed by atoms with Crippen molar-refractivity contribution in [2.75, 3.05) is 38.2 Å². The molecule has 1 saturated heterocycles. The van der Waals surface area contributed by atoms with E-state index >= 15 is 0 Å². The number of rotatable bonds is 5. The summed E-state index contributed by atoms with van der Waals surface area (Å²) in [6.45, 7) is 2.85. The van der Waals surface area contributed by atoms with E-state index in [9.17, 15) is 4.79 Å². The third kappa shape index (κ3) is 3.78. The highest BCUT2D eigenvalue weighted by molar-refractivity contribution is 5.76. The van der Waals surface area contributed by atoms with Gasteiger partial charge in [0, 0.05) is 44.1 Å². The number of aromatic nitrogens is 5. The van der Waals surface area contributed by atoms with E-state index in [2.05, 4.69) is 25.3 Å². The summed E-state index contributed by atoms with van der Waals surface area (Å²) in [4.78, 5) is 22.1. The number of anilines is 1. The molecule has 1 aromatic carbocycles. The normalized spacial score (nSPS) is 14.2. The van der Waals surface area contributed by atoms with Crippen molar-refractivity contribution in [3.05, 3.63) is 48.8 Å². The number of benzene rings is 1. The van der Waals surface area contributed by atoms with Crippen LogP contribution < -0.4 is 9.64 Å². The van der Waals surface area contributed by atoms with Gasteiger partial charge in [0.25, 0.3) is 0 Å². The molecule has 9 heteroatoms. The fourth-order valence-electron chi connectivity index (χ4n) is 3.23. The van der Waals surface area contributed by atoms with Crippen LogP contribution in [0, 0.1) is 0 Å². The van der Waals surface area contributed by atoms with Crippen molar-refractivity contribution < 1.29 is 9.53 Å². The molecule has 1 amide bonds. The van der Waals surface area contributed by atoms with Gasteiger partial charge in [0.15, 0.2) is 0 Å². The molecular weight excluding hydrogens is 358 g/mol. The molecule has 1 fully saturated rings. The maximum Gasteiger partial charge on any atom is 0.246 e. The zero-order valence-corrected chi connectivity index (χ0v) is 15.6. The number of tetrazole rings is 1. The SMILES string of the molecule is COc1ccccc1N1CCN(C(=O)Cn2nnc(-c3cccnc3)n2)CC1. The van der Waals surface area contributed by atoms with Gasteiger partial charge in [-0.05, 0) is 29.5 Å². The fraction of sp³-hybridized carbons (Fsp3) is 0.316. The number of piperazine rings is 1. The molecule has 0 N–H and O–H groups in total. The largest absolute Gasteiger partial charge is 0.495 e. The Labute approximate surface area is 162 Å². The molecule has 1 aliphatic heterocycles. The Bertz CT molecular complexity index is 936. The summed E-state index contributed by atoms with van der Waals surface area (Å²) >= 11 is 0. The van der Waals surface area contributed by atoms with E-state index in [0.29, 0.717) is 18.9 Å². The van der Waals surface area contributed by atoms with E-state index in [1.807, 2.05) is 41.3 Å². The minimum atomic E-state index is -0.0187. The molecule has 0 bridgehead atoms. The average molecular weight is 379 g/mol. The molecule has 0 atom stereocenters. The van der Waals surface area contributed by atoms with Crippen LogP contribution in [0.15, 0.2) is 48.8 Å². The van der Waals surface area contributed by atoms with Crippen LogP contribution in [0.3, 0.4) is 0 Å². The van der Waals surface area contributed by atoms with Gasteiger partial charge in [0.1, 0.15) is 12.3 Å². The molecule has 3 aromatic rings. The molecule has 0 unspecified atom stereocenters. The number of ether oxygens (including phenoxy) is 1. The lowest BCUT2D eigenvalue weighted by molar-refractivity contribution is -0.132. The van der Waals surface area contributed by atoms with Crippen LogP contribution in [0.25, 0.3) is 11.4 Å². The fourth-order valence-corrected chi connectivity index (χ4v) is 3.23. The molecule has 1 aliphatic rings. The smallest absolute Gasteiger partial charge is 0.246 e. The first kappa shape index (κ1) is 17.9. The van der Waals surface area contributed by atoms with Gasteiger partial charge in [-0.2, -0.15) is 4.80 Å². The second kappa shape index (κ2) is 8.03. The van der Waals surface area contributed by atoms with Gasteiger partial charge in [-0.15, -0.1) is 10.2 Å². The van der Waals surface area contributed by atoms with Crippen LogP contribution in [0.4, 0.5) is 5.69 Å². The number of carbonyl (C=O) groups excluding carboxylic acids is 1. The Morgan fingerprint density at radius 3 is 2.68 bits per heavy atom. The average Bonchev–Trinajstić information content (AvgIpc) is 3.23. The summed E-state index contributed by atoms with van der Waals surface area (Å²) in [5.74, 6) is 1.29. The number of carbonyl (C=O) groups is 1. The first-order valence-electron chi connectivity index (χ1n) is 9.08. The molecule has 4 rings (SSSR count). The van der Waals surface area contributed by atoms with Crippen molar-refractivity contribution in [2.45, 2.75) is 6.54 Å². The summed E-state index contributed by atoms with van der Waals surface area (Å²) in [6.07, 6.45) is 3.35. The number of nitrogens with zero attached hydrogens (tertiary/aromatic N) is 7. The first-order chi connectivity index (χ1) is 13.7. The van der Waals surface area contributed by atoms with Crippen molar-refractivity contribution >= 4 is 11.6 Å². The predicted octanol–water partition coefficient (Wildman–Crippen LogP) is 1.09. The van der Waals surface area contributed by atoms with Crippen LogP contribution in [0.2, 0.25) is 0 Å². The van der Waals surface area contributed by atoms with Crippen LogP contribution >= 0.6 is 0 Å². The van der Waals surface area contributed by atoms with E-state index in [1.54, 1.807) is 19.5 Å². The summed E-state index contributed by atoms with van der Waals surface area (Å²) in [7, 11) is 1.67. The molecule has 28 heavy (non-hydrogen) atoms. The second-order valence-electron chi connectivity index (χ2n) is 6.42. The van der Waals surface area contributed by atoms with Crippen molar-refractivity contribution in [1.82, 2.24) is 30.1 Å². The zero-order valence-electron chi connectivity index (χ0n) is 15.6. The Morgan fingerprint density at radius 1 is 1.11 bits per heavy atom. The number of hydrogen-bond acceptors (Lipinski definition) is 7. The topological polar surface area (TPSA) is 89.3 Å². The molecule has 2 aromatic heterocycles. The van der Waals surface area contributed by atoms with Gasteiger partial charge in [-0.25, -0.2) is 0 Å². The molecule has 144 valence electrons. The van der Waals surface area contributed by atoms with Gasteiger partial charge in [0.05, 0.1) is 12.8 Å². The van der Waals surface area contributed by atoms with Gasteiger partial charge in [-0.3, -0.25) is 9.78 Å². The van der Waals surface area contributed by atoms with Crippen LogP contribution in [0.1, 0.15) is 0 Å². The monoisotopic (exact) mass is 379 g/mol. The third-order valence-corrected chi connectivity index (χ3v) is 4.71. The highest BCUT2D eigenvalue weighted by Crippen LogP contribution is 2.28. The highest BCUT2D eigenvalue weighted by Gasteiger charge is 2.23. The van der Waals surface area contributed by atoms with Crippen molar-refractivity contribution in [3.8, 4) is 17.1 Å². The van der Waals surface area contributed by atoms with Crippen molar-refractivity contribution in [3.63, 3.8) is 0 Å². The number of pyridine rings is 1. The zero-order chi connectivity index (χ0) is 19.3. The number of para-hydroxylation sites is 2. The summed E-state index contributed by atoms with van der Waals surface area (Å²) in [5.41, 5.74) is 1.82. The number of methoxy groups -OCH3 is 1. The lowest BCUT2D eigenvalue weighted by atomic mass is 10.2. The Kier molecular flexibility index (Phi) is 5.14. The summed E-state index contributed by atoms with van der Waals surface area (Å²) < 4.78 is 5.44. The Balaban J connectivity index is 1.35. The van der Waals surface area contributed by atoms with Crippen molar-refractivity contribution in [2.24, 2.45) is 0 Å². The summed E-state index contributed by atoms with van der Waals surface area (Å²) in [5, 5.41) is 12.3. The van der Waals surface area contributed by atoms with E-state index in [1.165, 1.54) is 4.80 Å². The quantitative estimate of drug-likeness (QED) is 0.656. The molecule has 0 spiro atoms. The van der Waals surface area contributed by atoms with Crippen LogP contribution in [-0.2, 0) is 11.3 Å². The highest BCUT2D eigenvalue weighted by atomic mass is 16.5. The molecular formula is C19H21N7O2. The van der Waals surface area contributed by atoms with E-state index < -0.39 is 0 Å². The molecule has 9 nitrogen and oxygen atoms in total. The van der Waals surface area contributed by atoms with Gasteiger partial charge in [0.2, 0.25) is 11.7 Å². The lowest BCUT2D eigenvalue weighted by Crippen LogP contribution is -2.49. The minimum absolute atomic E-state index is 0.0187. The number of hydrogen-bond donors (Lipinski definition) is 0. The molecule has 0 saturated carbocycles. The minimum Gasteiger partial charge on any atom is -0.495 e. The maximum atomic E-state index is 12.6. The predicted molar refractivity (Wildman–Crippen MR) is 103 cm³/mol. The van der Waals surface area contributed by atoms with E-state index in [4.69, 9.17) is 4.74 Å². The second-order valence-corrected chi connectivity index (χ2v) is 6.42. The summed E-state index contributed by atoms with van der Waals surface area (Å²) in [6, 6.07) is 11.6. The third-order valence-electron chi connectivity index (χ3n) is 4.71.